The van der Waals surface area contributed by atoms with Crippen LogP contribution in [-0.2, 0) is 6.42 Å². The monoisotopic (exact) mass is 261 g/mol. The summed E-state index contributed by atoms with van der Waals surface area (Å²) < 4.78 is 0. The van der Waals surface area contributed by atoms with Crippen molar-refractivity contribution >= 4 is 0 Å². The van der Waals surface area contributed by atoms with E-state index in [4.69, 9.17) is 0 Å². The SMILES string of the molecule is CCCNC(Cc1ccc(O)cc1)C1CCC(C)C1. The maximum atomic E-state index is 9.36. The Morgan fingerprint density at radius 1 is 1.26 bits per heavy atom. The van der Waals surface area contributed by atoms with E-state index in [2.05, 4.69) is 19.2 Å². The van der Waals surface area contributed by atoms with Gasteiger partial charge in [-0.15, -0.1) is 0 Å². The molecule has 0 bridgehead atoms. The summed E-state index contributed by atoms with van der Waals surface area (Å²) in [6, 6.07) is 8.28. The number of rotatable bonds is 6. The molecule has 19 heavy (non-hydrogen) atoms. The minimum atomic E-state index is 0.358. The molecule has 0 aromatic heterocycles. The number of phenols is 1. The molecule has 1 aliphatic carbocycles. The Hall–Kier alpha value is -1.02. The van der Waals surface area contributed by atoms with Gasteiger partial charge in [-0.05, 0) is 61.8 Å². The third-order valence-corrected chi connectivity index (χ3v) is 4.35. The number of benzene rings is 1. The fourth-order valence-corrected chi connectivity index (χ4v) is 3.24. The first-order valence-electron chi connectivity index (χ1n) is 7.70. The highest BCUT2D eigenvalue weighted by molar-refractivity contribution is 5.26. The molecule has 106 valence electrons. The molecule has 2 heteroatoms. The predicted molar refractivity (Wildman–Crippen MR) is 80.4 cm³/mol. The van der Waals surface area contributed by atoms with Gasteiger partial charge in [0.1, 0.15) is 5.75 Å². The Kier molecular flexibility index (Phi) is 5.26. The quantitative estimate of drug-likeness (QED) is 0.817. The molecule has 2 nitrogen and oxygen atoms in total. The van der Waals surface area contributed by atoms with Crippen molar-refractivity contribution in [3.8, 4) is 5.75 Å². The number of hydrogen-bond donors (Lipinski definition) is 2. The molecule has 0 spiro atoms. The van der Waals surface area contributed by atoms with Crippen LogP contribution in [0.4, 0.5) is 0 Å². The zero-order valence-electron chi connectivity index (χ0n) is 12.2. The van der Waals surface area contributed by atoms with Crippen molar-refractivity contribution in [3.63, 3.8) is 0 Å². The molecule has 0 heterocycles. The van der Waals surface area contributed by atoms with Crippen LogP contribution in [0.1, 0.15) is 45.1 Å². The van der Waals surface area contributed by atoms with Crippen LogP contribution < -0.4 is 5.32 Å². The van der Waals surface area contributed by atoms with Gasteiger partial charge >= 0.3 is 0 Å². The van der Waals surface area contributed by atoms with E-state index in [0.717, 1.165) is 24.8 Å². The normalized spacial score (nSPS) is 24.5. The molecule has 1 aliphatic rings. The molecule has 2 N–H and O–H groups in total. The lowest BCUT2D eigenvalue weighted by atomic mass is 9.91. The highest BCUT2D eigenvalue weighted by Crippen LogP contribution is 2.33. The summed E-state index contributed by atoms with van der Waals surface area (Å²) in [5.74, 6) is 2.06. The summed E-state index contributed by atoms with van der Waals surface area (Å²) in [6.45, 7) is 5.70. The van der Waals surface area contributed by atoms with Gasteiger partial charge in [0.05, 0.1) is 0 Å². The first kappa shape index (κ1) is 14.4. The van der Waals surface area contributed by atoms with E-state index in [1.54, 1.807) is 12.1 Å². The van der Waals surface area contributed by atoms with E-state index in [0.29, 0.717) is 11.8 Å². The van der Waals surface area contributed by atoms with Crippen LogP contribution in [0.2, 0.25) is 0 Å². The van der Waals surface area contributed by atoms with Gasteiger partial charge < -0.3 is 10.4 Å². The largest absolute Gasteiger partial charge is 0.508 e. The third kappa shape index (κ3) is 4.24. The molecule has 0 amide bonds. The smallest absolute Gasteiger partial charge is 0.115 e. The molecule has 3 unspecified atom stereocenters. The Bertz CT molecular complexity index is 373. The van der Waals surface area contributed by atoms with Gasteiger partial charge in [-0.25, -0.2) is 0 Å². The summed E-state index contributed by atoms with van der Waals surface area (Å²) in [5.41, 5.74) is 1.32. The molecular weight excluding hydrogens is 234 g/mol. The van der Waals surface area contributed by atoms with E-state index < -0.39 is 0 Å². The van der Waals surface area contributed by atoms with Crippen molar-refractivity contribution in [2.24, 2.45) is 11.8 Å². The van der Waals surface area contributed by atoms with Crippen LogP contribution >= 0.6 is 0 Å². The topological polar surface area (TPSA) is 32.3 Å². The van der Waals surface area contributed by atoms with E-state index in [1.807, 2.05) is 12.1 Å². The van der Waals surface area contributed by atoms with Crippen LogP contribution in [-0.4, -0.2) is 17.7 Å². The summed E-state index contributed by atoms with van der Waals surface area (Å²) in [4.78, 5) is 0. The summed E-state index contributed by atoms with van der Waals surface area (Å²) in [7, 11) is 0. The van der Waals surface area contributed by atoms with Crippen molar-refractivity contribution < 1.29 is 5.11 Å². The van der Waals surface area contributed by atoms with E-state index in [-0.39, 0.29) is 0 Å². The zero-order valence-corrected chi connectivity index (χ0v) is 12.2. The molecule has 1 fully saturated rings. The Morgan fingerprint density at radius 3 is 2.58 bits per heavy atom. The number of aromatic hydroxyl groups is 1. The lowest BCUT2D eigenvalue weighted by molar-refractivity contribution is 0.348. The molecule has 3 atom stereocenters. The van der Waals surface area contributed by atoms with Gasteiger partial charge in [-0.1, -0.05) is 32.4 Å². The molecular formula is C17H27NO. The second kappa shape index (κ2) is 6.95. The van der Waals surface area contributed by atoms with E-state index >= 15 is 0 Å². The summed E-state index contributed by atoms with van der Waals surface area (Å²) in [5, 5.41) is 13.1. The van der Waals surface area contributed by atoms with E-state index in [1.165, 1.54) is 31.2 Å². The van der Waals surface area contributed by atoms with Crippen molar-refractivity contribution in [1.29, 1.82) is 0 Å². The maximum absolute atomic E-state index is 9.36. The molecule has 2 rings (SSSR count). The van der Waals surface area contributed by atoms with Crippen molar-refractivity contribution in [2.45, 2.75) is 52.0 Å². The van der Waals surface area contributed by atoms with Crippen LogP contribution in [0.5, 0.6) is 5.75 Å². The molecule has 1 aromatic rings. The van der Waals surface area contributed by atoms with Crippen LogP contribution in [0.25, 0.3) is 0 Å². The average molecular weight is 261 g/mol. The van der Waals surface area contributed by atoms with Gasteiger partial charge in [-0.3, -0.25) is 0 Å². The minimum absolute atomic E-state index is 0.358. The fourth-order valence-electron chi connectivity index (χ4n) is 3.24. The Morgan fingerprint density at radius 2 is 2.00 bits per heavy atom. The predicted octanol–water partition coefficient (Wildman–Crippen LogP) is 3.74. The molecule has 0 saturated heterocycles. The highest BCUT2D eigenvalue weighted by Gasteiger charge is 2.28. The van der Waals surface area contributed by atoms with Crippen molar-refractivity contribution in [3.05, 3.63) is 29.8 Å². The second-order valence-electron chi connectivity index (χ2n) is 6.11. The summed E-state index contributed by atoms with van der Waals surface area (Å²) >= 11 is 0. The standard InChI is InChI=1S/C17H27NO/c1-3-10-18-17(15-7-4-13(2)11-15)12-14-5-8-16(19)9-6-14/h5-6,8-9,13,15,17-19H,3-4,7,10-12H2,1-2H3. The van der Waals surface area contributed by atoms with Gasteiger partial charge in [0.15, 0.2) is 0 Å². The maximum Gasteiger partial charge on any atom is 0.115 e. The second-order valence-corrected chi connectivity index (χ2v) is 6.11. The molecule has 1 aromatic carbocycles. The fraction of sp³-hybridized carbons (Fsp3) is 0.647. The van der Waals surface area contributed by atoms with Gasteiger partial charge in [0, 0.05) is 6.04 Å². The highest BCUT2D eigenvalue weighted by atomic mass is 16.3. The van der Waals surface area contributed by atoms with Gasteiger partial charge in [-0.2, -0.15) is 0 Å². The van der Waals surface area contributed by atoms with Crippen molar-refractivity contribution in [2.75, 3.05) is 6.54 Å². The number of nitrogens with one attached hydrogen (secondary N) is 1. The molecule has 1 saturated carbocycles. The van der Waals surface area contributed by atoms with Crippen molar-refractivity contribution in [1.82, 2.24) is 5.32 Å². The Labute approximate surface area is 117 Å². The number of hydrogen-bond acceptors (Lipinski definition) is 2. The summed E-state index contributed by atoms with van der Waals surface area (Å²) in [6.07, 6.45) is 6.37. The minimum Gasteiger partial charge on any atom is -0.508 e. The van der Waals surface area contributed by atoms with Gasteiger partial charge in [0.25, 0.3) is 0 Å². The zero-order chi connectivity index (χ0) is 13.7. The Balaban J connectivity index is 1.98. The van der Waals surface area contributed by atoms with Crippen LogP contribution in [0.15, 0.2) is 24.3 Å². The lowest BCUT2D eigenvalue weighted by Gasteiger charge is -2.25. The number of phenolic OH excluding ortho intramolecular Hbond substituents is 1. The van der Waals surface area contributed by atoms with E-state index in [9.17, 15) is 5.11 Å². The van der Waals surface area contributed by atoms with Crippen LogP contribution in [0.3, 0.4) is 0 Å². The average Bonchev–Trinajstić information content (AvgIpc) is 2.83. The van der Waals surface area contributed by atoms with Gasteiger partial charge in [0.2, 0.25) is 0 Å². The third-order valence-electron chi connectivity index (χ3n) is 4.35. The molecule has 0 radical (unpaired) electrons. The first-order chi connectivity index (χ1) is 9.19. The van der Waals surface area contributed by atoms with Crippen LogP contribution in [0, 0.1) is 11.8 Å². The lowest BCUT2D eigenvalue weighted by Crippen LogP contribution is -2.37. The molecule has 0 aliphatic heterocycles. The first-order valence-corrected chi connectivity index (χ1v) is 7.70.